The maximum atomic E-state index is 13.4. The molecule has 0 spiro atoms. The lowest BCUT2D eigenvalue weighted by molar-refractivity contribution is -0.0392. The number of ether oxygens (including phenoxy) is 1. The molecule has 1 N–H and O–H groups in total. The van der Waals surface area contributed by atoms with E-state index < -0.39 is 17.2 Å². The van der Waals surface area contributed by atoms with Gasteiger partial charge in [-0.05, 0) is 51.4 Å². The Balaban J connectivity index is 3.07. The number of hydrogen-bond acceptors (Lipinski definition) is 2. The van der Waals surface area contributed by atoms with Gasteiger partial charge in [-0.15, -0.1) is 0 Å². The fourth-order valence-corrected chi connectivity index (χ4v) is 2.25. The van der Waals surface area contributed by atoms with Crippen molar-refractivity contribution in [3.8, 4) is 0 Å². The zero-order chi connectivity index (χ0) is 14.5. The van der Waals surface area contributed by atoms with Crippen LogP contribution < -0.4 is 5.32 Å². The van der Waals surface area contributed by atoms with Crippen LogP contribution in [0.15, 0.2) is 18.2 Å². The average molecular weight is 271 g/mol. The van der Waals surface area contributed by atoms with E-state index in [-0.39, 0.29) is 6.04 Å². The van der Waals surface area contributed by atoms with Gasteiger partial charge in [0.15, 0.2) is 0 Å². The molecular formula is C15H23F2NO. The standard InChI is InChI=1S/C15H23F2NO/c1-5-7-18-14(15(3,4)19-6-2)11-8-12(16)10-13(17)9-11/h8-10,14,18H,5-7H2,1-4H3. The van der Waals surface area contributed by atoms with Gasteiger partial charge in [0.05, 0.1) is 11.6 Å². The molecule has 1 atom stereocenters. The molecule has 0 amide bonds. The molecule has 0 saturated carbocycles. The van der Waals surface area contributed by atoms with Crippen LogP contribution in [0, 0.1) is 11.6 Å². The van der Waals surface area contributed by atoms with Crippen LogP contribution in [0.5, 0.6) is 0 Å². The van der Waals surface area contributed by atoms with Crippen LogP contribution in [0.4, 0.5) is 8.78 Å². The summed E-state index contributed by atoms with van der Waals surface area (Å²) in [5, 5.41) is 3.31. The highest BCUT2D eigenvalue weighted by Crippen LogP contribution is 2.30. The molecule has 1 aromatic carbocycles. The van der Waals surface area contributed by atoms with E-state index in [9.17, 15) is 8.78 Å². The molecule has 0 saturated heterocycles. The van der Waals surface area contributed by atoms with E-state index >= 15 is 0 Å². The Labute approximate surface area is 114 Å². The second kappa shape index (κ2) is 6.96. The van der Waals surface area contributed by atoms with Crippen molar-refractivity contribution in [2.45, 2.75) is 45.8 Å². The molecule has 0 aliphatic carbocycles. The van der Waals surface area contributed by atoms with Crippen LogP contribution in [0.3, 0.4) is 0 Å². The second-order valence-electron chi connectivity index (χ2n) is 5.13. The molecular weight excluding hydrogens is 248 g/mol. The topological polar surface area (TPSA) is 21.3 Å². The highest BCUT2D eigenvalue weighted by Gasteiger charge is 2.31. The van der Waals surface area contributed by atoms with E-state index in [4.69, 9.17) is 4.74 Å². The summed E-state index contributed by atoms with van der Waals surface area (Å²) in [6.45, 7) is 9.11. The largest absolute Gasteiger partial charge is 0.374 e. The van der Waals surface area contributed by atoms with Crippen LogP contribution in [-0.2, 0) is 4.74 Å². The maximum Gasteiger partial charge on any atom is 0.126 e. The van der Waals surface area contributed by atoms with Gasteiger partial charge in [-0.2, -0.15) is 0 Å². The predicted molar refractivity (Wildman–Crippen MR) is 73.1 cm³/mol. The first-order valence-corrected chi connectivity index (χ1v) is 6.74. The molecule has 0 heterocycles. The predicted octanol–water partition coefficient (Wildman–Crippen LogP) is 3.82. The molecule has 0 aliphatic rings. The summed E-state index contributed by atoms with van der Waals surface area (Å²) in [5.74, 6) is -1.13. The van der Waals surface area contributed by atoms with Gasteiger partial charge in [0.25, 0.3) is 0 Å². The minimum atomic E-state index is -0.564. The summed E-state index contributed by atoms with van der Waals surface area (Å²) in [7, 11) is 0. The minimum absolute atomic E-state index is 0.252. The Bertz CT molecular complexity index is 387. The van der Waals surface area contributed by atoms with Crippen LogP contribution in [0.2, 0.25) is 0 Å². The van der Waals surface area contributed by atoms with Crippen molar-refractivity contribution in [1.82, 2.24) is 5.32 Å². The Morgan fingerprint density at radius 1 is 1.16 bits per heavy atom. The first-order chi connectivity index (χ1) is 8.90. The molecule has 0 radical (unpaired) electrons. The van der Waals surface area contributed by atoms with Gasteiger partial charge in [0, 0.05) is 12.7 Å². The molecule has 19 heavy (non-hydrogen) atoms. The van der Waals surface area contributed by atoms with Crippen LogP contribution in [0.1, 0.15) is 45.7 Å². The maximum absolute atomic E-state index is 13.4. The minimum Gasteiger partial charge on any atom is -0.374 e. The summed E-state index contributed by atoms with van der Waals surface area (Å²) >= 11 is 0. The zero-order valence-electron chi connectivity index (χ0n) is 12.1. The van der Waals surface area contributed by atoms with Gasteiger partial charge in [-0.1, -0.05) is 6.92 Å². The fourth-order valence-electron chi connectivity index (χ4n) is 2.25. The number of benzene rings is 1. The van der Waals surface area contributed by atoms with Crippen molar-refractivity contribution in [2.75, 3.05) is 13.2 Å². The Morgan fingerprint density at radius 2 is 1.74 bits per heavy atom. The smallest absolute Gasteiger partial charge is 0.126 e. The van der Waals surface area contributed by atoms with Crippen LogP contribution >= 0.6 is 0 Å². The van der Waals surface area contributed by atoms with Gasteiger partial charge in [-0.3, -0.25) is 0 Å². The summed E-state index contributed by atoms with van der Waals surface area (Å²) in [4.78, 5) is 0. The molecule has 1 aromatic rings. The van der Waals surface area contributed by atoms with Crippen molar-refractivity contribution in [2.24, 2.45) is 0 Å². The van der Waals surface area contributed by atoms with Gasteiger partial charge < -0.3 is 10.1 Å². The fraction of sp³-hybridized carbons (Fsp3) is 0.600. The average Bonchev–Trinajstić information content (AvgIpc) is 2.27. The van der Waals surface area contributed by atoms with Crippen molar-refractivity contribution < 1.29 is 13.5 Å². The number of hydrogen-bond donors (Lipinski definition) is 1. The normalized spacial score (nSPS) is 13.6. The molecule has 108 valence electrons. The molecule has 1 unspecified atom stereocenters. The molecule has 0 fully saturated rings. The van der Waals surface area contributed by atoms with Crippen LogP contribution in [-0.4, -0.2) is 18.8 Å². The van der Waals surface area contributed by atoms with Crippen molar-refractivity contribution in [3.63, 3.8) is 0 Å². The lowest BCUT2D eigenvalue weighted by atomic mass is 9.91. The number of nitrogens with one attached hydrogen (secondary N) is 1. The quantitative estimate of drug-likeness (QED) is 0.814. The van der Waals surface area contributed by atoms with E-state index in [0.29, 0.717) is 12.2 Å². The zero-order valence-corrected chi connectivity index (χ0v) is 12.1. The van der Waals surface area contributed by atoms with Gasteiger partial charge >= 0.3 is 0 Å². The summed E-state index contributed by atoms with van der Waals surface area (Å²) in [6, 6.07) is 3.35. The van der Waals surface area contributed by atoms with E-state index in [1.807, 2.05) is 27.7 Å². The monoisotopic (exact) mass is 271 g/mol. The van der Waals surface area contributed by atoms with Gasteiger partial charge in [0.2, 0.25) is 0 Å². The summed E-state index contributed by atoms with van der Waals surface area (Å²) in [5.41, 5.74) is 0.0360. The second-order valence-corrected chi connectivity index (χ2v) is 5.13. The third kappa shape index (κ3) is 4.55. The SMILES string of the molecule is CCCNC(c1cc(F)cc(F)c1)C(C)(C)OCC. The molecule has 2 nitrogen and oxygen atoms in total. The number of halogens is 2. The molecule has 0 bridgehead atoms. The van der Waals surface area contributed by atoms with E-state index in [1.54, 1.807) is 0 Å². The molecule has 0 aromatic heterocycles. The van der Waals surface area contributed by atoms with Crippen molar-refractivity contribution >= 4 is 0 Å². The highest BCUT2D eigenvalue weighted by atomic mass is 19.1. The lowest BCUT2D eigenvalue weighted by Crippen LogP contribution is -2.42. The Kier molecular flexibility index (Phi) is 5.88. The van der Waals surface area contributed by atoms with Crippen molar-refractivity contribution in [1.29, 1.82) is 0 Å². The number of rotatable bonds is 7. The van der Waals surface area contributed by atoms with E-state index in [0.717, 1.165) is 19.0 Å². The first kappa shape index (κ1) is 16.1. The molecule has 0 aliphatic heterocycles. The lowest BCUT2D eigenvalue weighted by Gasteiger charge is -2.35. The van der Waals surface area contributed by atoms with Crippen molar-refractivity contribution in [3.05, 3.63) is 35.4 Å². The van der Waals surface area contributed by atoms with Crippen LogP contribution in [0.25, 0.3) is 0 Å². The highest BCUT2D eigenvalue weighted by molar-refractivity contribution is 5.24. The summed E-state index contributed by atoms with van der Waals surface area (Å²) < 4.78 is 32.5. The van der Waals surface area contributed by atoms with Gasteiger partial charge in [-0.25, -0.2) is 8.78 Å². The van der Waals surface area contributed by atoms with E-state index in [1.165, 1.54) is 12.1 Å². The molecule has 4 heteroatoms. The Morgan fingerprint density at radius 3 is 2.21 bits per heavy atom. The Hall–Kier alpha value is -1.00. The first-order valence-electron chi connectivity index (χ1n) is 6.74. The summed E-state index contributed by atoms with van der Waals surface area (Å²) in [6.07, 6.45) is 0.941. The van der Waals surface area contributed by atoms with Gasteiger partial charge in [0.1, 0.15) is 11.6 Å². The van der Waals surface area contributed by atoms with E-state index in [2.05, 4.69) is 5.32 Å². The third-order valence-electron chi connectivity index (χ3n) is 3.03. The molecule has 1 rings (SSSR count). The third-order valence-corrected chi connectivity index (χ3v) is 3.03.